The van der Waals surface area contributed by atoms with Crippen molar-refractivity contribution in [2.75, 3.05) is 0 Å². The minimum atomic E-state index is -0.416. The molecule has 0 aliphatic rings. The van der Waals surface area contributed by atoms with Gasteiger partial charge in [0.2, 0.25) is 5.91 Å². The predicted molar refractivity (Wildman–Crippen MR) is 93.4 cm³/mol. The quantitative estimate of drug-likeness (QED) is 0.631. The smallest absolute Gasteiger partial charge is 0.218 e. The van der Waals surface area contributed by atoms with E-state index in [9.17, 15) is 4.79 Å². The molecule has 0 aliphatic carbocycles. The van der Waals surface area contributed by atoms with Gasteiger partial charge in [0, 0.05) is 12.5 Å². The number of hydrogen-bond acceptors (Lipinski definition) is 3. The molecule has 24 heavy (non-hydrogen) atoms. The Labute approximate surface area is 138 Å². The van der Waals surface area contributed by atoms with Gasteiger partial charge in [0.1, 0.15) is 5.52 Å². The molecule has 0 spiro atoms. The molecule has 1 N–H and O–H groups in total. The summed E-state index contributed by atoms with van der Waals surface area (Å²) < 4.78 is 1.76. The van der Waals surface area contributed by atoms with Gasteiger partial charge in [-0.3, -0.25) is 4.79 Å². The van der Waals surface area contributed by atoms with E-state index >= 15 is 0 Å². The first kappa shape index (κ1) is 14.4. The fourth-order valence-corrected chi connectivity index (χ4v) is 3.03. The summed E-state index contributed by atoms with van der Waals surface area (Å²) in [5.74, 6) is -0.118. The highest BCUT2D eigenvalue weighted by Crippen LogP contribution is 2.27. The lowest BCUT2D eigenvalue weighted by molar-refractivity contribution is -0.119. The monoisotopic (exact) mass is 316 g/mol. The molecule has 0 radical (unpaired) electrons. The number of amides is 1. The lowest BCUT2D eigenvalue weighted by atomic mass is 10.0. The molecular formula is C19H16N4O. The van der Waals surface area contributed by atoms with E-state index in [0.717, 1.165) is 27.4 Å². The zero-order chi connectivity index (χ0) is 16.5. The number of nitrogens with one attached hydrogen (secondary N) is 1. The van der Waals surface area contributed by atoms with Gasteiger partial charge in [-0.1, -0.05) is 59.8 Å². The van der Waals surface area contributed by atoms with Crippen molar-refractivity contribution in [2.24, 2.45) is 0 Å². The Kier molecular flexibility index (Phi) is 3.46. The van der Waals surface area contributed by atoms with Gasteiger partial charge in [-0.15, -0.1) is 5.10 Å². The average Bonchev–Trinajstić information content (AvgIpc) is 3.03. The third kappa shape index (κ3) is 2.40. The molecule has 4 aromatic rings. The highest BCUT2D eigenvalue weighted by molar-refractivity contribution is 5.87. The third-order valence-electron chi connectivity index (χ3n) is 4.08. The average molecular weight is 316 g/mol. The van der Waals surface area contributed by atoms with Crippen molar-refractivity contribution in [3.63, 3.8) is 0 Å². The minimum Gasteiger partial charge on any atom is -0.331 e. The number of benzene rings is 3. The van der Waals surface area contributed by atoms with Gasteiger partial charge >= 0.3 is 0 Å². The van der Waals surface area contributed by atoms with Crippen LogP contribution in [0.1, 0.15) is 18.7 Å². The van der Waals surface area contributed by atoms with Crippen molar-refractivity contribution >= 4 is 27.7 Å². The number of carbonyl (C=O) groups excluding carboxylic acids is 1. The molecule has 1 amide bonds. The number of rotatable bonds is 3. The predicted octanol–water partition coefficient (Wildman–Crippen LogP) is 3.27. The van der Waals surface area contributed by atoms with Crippen molar-refractivity contribution in [3.05, 3.63) is 72.3 Å². The highest BCUT2D eigenvalue weighted by atomic mass is 16.1. The Morgan fingerprint density at radius 2 is 1.75 bits per heavy atom. The molecule has 4 rings (SSSR count). The number of nitrogens with zero attached hydrogens (tertiary/aromatic N) is 3. The first-order valence-corrected chi connectivity index (χ1v) is 7.79. The Morgan fingerprint density at radius 3 is 2.62 bits per heavy atom. The Bertz CT molecular complexity index is 1030. The molecular weight excluding hydrogens is 300 g/mol. The standard InChI is InChI=1S/C19H16N4O/c1-13(24)20-19(23-18-12-5-4-11-17(18)21-22-23)16-10-6-8-14-7-2-3-9-15(14)16/h2-12,19H,1H3,(H,20,24). The van der Waals surface area contributed by atoms with Gasteiger partial charge in [0.05, 0.1) is 5.52 Å². The van der Waals surface area contributed by atoms with E-state index in [0.29, 0.717) is 0 Å². The van der Waals surface area contributed by atoms with E-state index < -0.39 is 6.17 Å². The first-order valence-electron chi connectivity index (χ1n) is 7.79. The van der Waals surface area contributed by atoms with Crippen LogP contribution in [-0.4, -0.2) is 20.9 Å². The van der Waals surface area contributed by atoms with Crippen LogP contribution < -0.4 is 5.32 Å². The molecule has 0 saturated heterocycles. The fourth-order valence-electron chi connectivity index (χ4n) is 3.03. The summed E-state index contributed by atoms with van der Waals surface area (Å²) in [6.07, 6.45) is -0.416. The number of aromatic nitrogens is 3. The topological polar surface area (TPSA) is 59.8 Å². The number of carbonyl (C=O) groups is 1. The molecule has 0 saturated carbocycles. The molecule has 3 aromatic carbocycles. The molecule has 0 aliphatic heterocycles. The second-order valence-corrected chi connectivity index (χ2v) is 5.69. The normalized spacial score (nSPS) is 12.4. The van der Waals surface area contributed by atoms with Gasteiger partial charge < -0.3 is 5.32 Å². The van der Waals surface area contributed by atoms with E-state index in [4.69, 9.17) is 0 Å². The van der Waals surface area contributed by atoms with Crippen LogP contribution in [0.2, 0.25) is 0 Å². The molecule has 118 valence electrons. The molecule has 1 heterocycles. The first-order chi connectivity index (χ1) is 11.7. The van der Waals surface area contributed by atoms with Crippen LogP contribution in [0.3, 0.4) is 0 Å². The van der Waals surface area contributed by atoms with Crippen molar-refractivity contribution < 1.29 is 4.79 Å². The zero-order valence-electron chi connectivity index (χ0n) is 13.2. The molecule has 1 atom stereocenters. The number of para-hydroxylation sites is 1. The molecule has 0 bridgehead atoms. The highest BCUT2D eigenvalue weighted by Gasteiger charge is 2.20. The minimum absolute atomic E-state index is 0.118. The van der Waals surface area contributed by atoms with Crippen LogP contribution in [0, 0.1) is 0 Å². The summed E-state index contributed by atoms with van der Waals surface area (Å²) in [5, 5.41) is 13.7. The molecule has 1 aromatic heterocycles. The van der Waals surface area contributed by atoms with Gasteiger partial charge in [0.25, 0.3) is 0 Å². The van der Waals surface area contributed by atoms with Crippen molar-refractivity contribution in [1.82, 2.24) is 20.3 Å². The summed E-state index contributed by atoms with van der Waals surface area (Å²) in [6.45, 7) is 1.51. The molecule has 0 fully saturated rings. The van der Waals surface area contributed by atoms with Gasteiger partial charge in [-0.05, 0) is 22.9 Å². The van der Waals surface area contributed by atoms with Crippen LogP contribution in [-0.2, 0) is 4.79 Å². The van der Waals surface area contributed by atoms with Crippen molar-refractivity contribution in [1.29, 1.82) is 0 Å². The number of hydrogen-bond donors (Lipinski definition) is 1. The van der Waals surface area contributed by atoms with Gasteiger partial charge in [-0.25, -0.2) is 4.68 Å². The Morgan fingerprint density at radius 1 is 1.00 bits per heavy atom. The van der Waals surface area contributed by atoms with Crippen LogP contribution in [0.25, 0.3) is 21.8 Å². The van der Waals surface area contributed by atoms with E-state index in [2.05, 4.69) is 33.8 Å². The van der Waals surface area contributed by atoms with Crippen molar-refractivity contribution in [2.45, 2.75) is 13.1 Å². The fraction of sp³-hybridized carbons (Fsp3) is 0.105. The van der Waals surface area contributed by atoms with E-state index in [1.54, 1.807) is 4.68 Å². The van der Waals surface area contributed by atoms with Gasteiger partial charge in [-0.2, -0.15) is 0 Å². The van der Waals surface area contributed by atoms with Crippen LogP contribution in [0.15, 0.2) is 66.7 Å². The lowest BCUT2D eigenvalue weighted by Crippen LogP contribution is -2.32. The molecule has 1 unspecified atom stereocenters. The van der Waals surface area contributed by atoms with Crippen LogP contribution in [0.4, 0.5) is 0 Å². The summed E-state index contributed by atoms with van der Waals surface area (Å²) in [5.41, 5.74) is 2.66. The van der Waals surface area contributed by atoms with E-state index in [1.165, 1.54) is 6.92 Å². The second kappa shape index (κ2) is 5.77. The van der Waals surface area contributed by atoms with Crippen LogP contribution >= 0.6 is 0 Å². The second-order valence-electron chi connectivity index (χ2n) is 5.69. The summed E-state index contributed by atoms with van der Waals surface area (Å²) in [6, 6.07) is 21.9. The van der Waals surface area contributed by atoms with Crippen molar-refractivity contribution in [3.8, 4) is 0 Å². The lowest BCUT2D eigenvalue weighted by Gasteiger charge is -2.21. The summed E-state index contributed by atoms with van der Waals surface area (Å²) in [7, 11) is 0. The largest absolute Gasteiger partial charge is 0.331 e. The number of fused-ring (bicyclic) bond motifs is 2. The molecule has 5 nitrogen and oxygen atoms in total. The van der Waals surface area contributed by atoms with Crippen LogP contribution in [0.5, 0.6) is 0 Å². The maximum atomic E-state index is 11.8. The SMILES string of the molecule is CC(=O)NC(c1cccc2ccccc12)n1nnc2ccccc21. The Hall–Kier alpha value is -3.21. The molecule has 5 heteroatoms. The Balaban J connectivity index is 1.95. The van der Waals surface area contributed by atoms with Gasteiger partial charge in [0.15, 0.2) is 6.17 Å². The summed E-state index contributed by atoms with van der Waals surface area (Å²) >= 11 is 0. The maximum Gasteiger partial charge on any atom is 0.218 e. The maximum absolute atomic E-state index is 11.8. The summed E-state index contributed by atoms with van der Waals surface area (Å²) in [4.78, 5) is 11.8. The van der Waals surface area contributed by atoms with E-state index in [1.807, 2.05) is 48.5 Å². The zero-order valence-corrected chi connectivity index (χ0v) is 13.2. The van der Waals surface area contributed by atoms with E-state index in [-0.39, 0.29) is 5.91 Å². The third-order valence-corrected chi connectivity index (χ3v) is 4.08.